The lowest BCUT2D eigenvalue weighted by atomic mass is 10.3. The molecular weight excluding hydrogens is 454 g/mol. The molecule has 0 aliphatic carbocycles. The largest absolute Gasteiger partial charge is 0.506 e. The number of phenols is 1. The molecule has 0 fully saturated rings. The molecule has 0 aliphatic rings. The third kappa shape index (κ3) is 4.86. The fraction of sp³-hybridized carbons (Fsp3) is 0.0526. The van der Waals surface area contributed by atoms with Crippen LogP contribution in [0.25, 0.3) is 0 Å². The summed E-state index contributed by atoms with van der Waals surface area (Å²) in [5.74, 6) is -2.61. The van der Waals surface area contributed by atoms with Crippen LogP contribution >= 0.6 is 0 Å². The standard InChI is InChI=1S/C19H16F2N2O6S2/c1-29-18-5-3-2-4-15(18)22-30(25,26)13-7-9-17(24)16(11-13)23-31(27,28)19-10-12(20)6-8-14(19)21/h2-11,22-24H,1H3. The van der Waals surface area contributed by atoms with E-state index in [1.807, 2.05) is 4.72 Å². The number of ether oxygens (including phenoxy) is 1. The second-order valence-electron chi connectivity index (χ2n) is 6.16. The van der Waals surface area contributed by atoms with E-state index in [0.717, 1.165) is 24.3 Å². The number of para-hydroxylation sites is 2. The van der Waals surface area contributed by atoms with E-state index in [9.17, 15) is 30.7 Å². The van der Waals surface area contributed by atoms with Crippen LogP contribution in [0.5, 0.6) is 11.5 Å². The van der Waals surface area contributed by atoms with Crippen molar-refractivity contribution in [3.8, 4) is 11.5 Å². The number of phenolic OH excluding ortho intramolecular Hbond substituents is 1. The van der Waals surface area contributed by atoms with Crippen LogP contribution in [0, 0.1) is 11.6 Å². The number of hydrogen-bond donors (Lipinski definition) is 3. The first-order valence-corrected chi connectivity index (χ1v) is 11.5. The molecule has 31 heavy (non-hydrogen) atoms. The quantitative estimate of drug-likeness (QED) is 0.456. The lowest BCUT2D eigenvalue weighted by molar-refractivity contribution is 0.417. The van der Waals surface area contributed by atoms with Crippen LogP contribution in [0.1, 0.15) is 0 Å². The maximum Gasteiger partial charge on any atom is 0.265 e. The zero-order valence-electron chi connectivity index (χ0n) is 15.8. The number of nitrogens with one attached hydrogen (secondary N) is 2. The molecule has 3 N–H and O–H groups in total. The summed E-state index contributed by atoms with van der Waals surface area (Å²) in [6.45, 7) is 0. The molecule has 0 spiro atoms. The van der Waals surface area contributed by atoms with Gasteiger partial charge in [-0.3, -0.25) is 9.44 Å². The van der Waals surface area contributed by atoms with Gasteiger partial charge in [0.25, 0.3) is 20.0 Å². The molecule has 0 saturated heterocycles. The number of anilines is 2. The van der Waals surface area contributed by atoms with E-state index in [2.05, 4.69) is 4.72 Å². The molecule has 164 valence electrons. The highest BCUT2D eigenvalue weighted by atomic mass is 32.2. The lowest BCUT2D eigenvalue weighted by Gasteiger charge is -2.14. The molecule has 8 nitrogen and oxygen atoms in total. The average molecular weight is 470 g/mol. The molecule has 12 heteroatoms. The summed E-state index contributed by atoms with van der Waals surface area (Å²) in [6, 6.07) is 10.8. The van der Waals surface area contributed by atoms with Crippen molar-refractivity contribution in [2.24, 2.45) is 0 Å². The van der Waals surface area contributed by atoms with Gasteiger partial charge in [0.15, 0.2) is 0 Å². The minimum atomic E-state index is -4.68. The molecule has 0 unspecified atom stereocenters. The maximum absolute atomic E-state index is 13.9. The zero-order valence-corrected chi connectivity index (χ0v) is 17.5. The molecular formula is C19H16F2N2O6S2. The van der Waals surface area contributed by atoms with E-state index < -0.39 is 52.9 Å². The number of aromatic hydroxyl groups is 1. The number of sulfonamides is 2. The summed E-state index contributed by atoms with van der Waals surface area (Å²) in [7, 11) is -7.56. The molecule has 0 saturated carbocycles. The van der Waals surface area contributed by atoms with E-state index in [1.54, 1.807) is 12.1 Å². The van der Waals surface area contributed by atoms with Crippen LogP contribution in [0.4, 0.5) is 20.2 Å². The van der Waals surface area contributed by atoms with Crippen LogP contribution in [-0.4, -0.2) is 29.1 Å². The van der Waals surface area contributed by atoms with E-state index in [-0.39, 0.29) is 11.4 Å². The summed E-state index contributed by atoms with van der Waals surface area (Å²) < 4.78 is 86.9. The molecule has 0 radical (unpaired) electrons. The number of hydrogen-bond acceptors (Lipinski definition) is 6. The Morgan fingerprint density at radius 3 is 2.23 bits per heavy atom. The van der Waals surface area contributed by atoms with Gasteiger partial charge in [-0.05, 0) is 48.5 Å². The normalized spacial score (nSPS) is 11.7. The molecule has 0 atom stereocenters. The van der Waals surface area contributed by atoms with Crippen molar-refractivity contribution in [3.05, 3.63) is 72.3 Å². The highest BCUT2D eigenvalue weighted by Gasteiger charge is 2.24. The van der Waals surface area contributed by atoms with Crippen molar-refractivity contribution in [2.45, 2.75) is 9.79 Å². The predicted molar refractivity (Wildman–Crippen MR) is 109 cm³/mol. The Morgan fingerprint density at radius 2 is 1.52 bits per heavy atom. The lowest BCUT2D eigenvalue weighted by Crippen LogP contribution is -2.17. The summed E-state index contributed by atoms with van der Waals surface area (Å²) >= 11 is 0. The summed E-state index contributed by atoms with van der Waals surface area (Å²) in [5.41, 5.74) is -0.423. The van der Waals surface area contributed by atoms with E-state index >= 15 is 0 Å². The third-order valence-corrected chi connectivity index (χ3v) is 6.80. The van der Waals surface area contributed by atoms with E-state index in [4.69, 9.17) is 4.74 Å². The molecule has 0 amide bonds. The van der Waals surface area contributed by atoms with Gasteiger partial charge in [-0.1, -0.05) is 12.1 Å². The molecule has 3 aromatic carbocycles. The third-order valence-electron chi connectivity index (χ3n) is 4.06. The van der Waals surface area contributed by atoms with Crippen molar-refractivity contribution >= 4 is 31.4 Å². The molecule has 0 aliphatic heterocycles. The Hall–Kier alpha value is -3.38. The number of benzene rings is 3. The topological polar surface area (TPSA) is 122 Å². The minimum absolute atomic E-state index is 0.127. The highest BCUT2D eigenvalue weighted by Crippen LogP contribution is 2.31. The van der Waals surface area contributed by atoms with Gasteiger partial charge in [0, 0.05) is 0 Å². The maximum atomic E-state index is 13.9. The van der Waals surface area contributed by atoms with Gasteiger partial charge < -0.3 is 9.84 Å². The van der Waals surface area contributed by atoms with Gasteiger partial charge in [-0.15, -0.1) is 0 Å². The monoisotopic (exact) mass is 470 g/mol. The number of rotatable bonds is 7. The van der Waals surface area contributed by atoms with Gasteiger partial charge in [0.2, 0.25) is 0 Å². The average Bonchev–Trinajstić information content (AvgIpc) is 2.71. The fourth-order valence-corrected chi connectivity index (χ4v) is 4.83. The Labute approximate surface area is 177 Å². The van der Waals surface area contributed by atoms with Gasteiger partial charge in [0.1, 0.15) is 28.0 Å². The second kappa shape index (κ2) is 8.40. The van der Waals surface area contributed by atoms with Crippen LogP contribution in [-0.2, 0) is 20.0 Å². The first-order valence-electron chi connectivity index (χ1n) is 8.50. The smallest absolute Gasteiger partial charge is 0.265 e. The number of methoxy groups -OCH3 is 1. The predicted octanol–water partition coefficient (Wildman–Crippen LogP) is 3.28. The van der Waals surface area contributed by atoms with E-state index in [1.165, 1.54) is 19.2 Å². The van der Waals surface area contributed by atoms with Crippen molar-refractivity contribution in [1.82, 2.24) is 0 Å². The Balaban J connectivity index is 1.97. The summed E-state index contributed by atoms with van der Waals surface area (Å²) in [4.78, 5) is -1.42. The SMILES string of the molecule is COc1ccccc1NS(=O)(=O)c1ccc(O)c(NS(=O)(=O)c2cc(F)ccc2F)c1. The Kier molecular flexibility index (Phi) is 6.04. The molecule has 3 aromatic rings. The highest BCUT2D eigenvalue weighted by molar-refractivity contribution is 7.93. The molecule has 0 heterocycles. The second-order valence-corrected chi connectivity index (χ2v) is 9.50. The van der Waals surface area contributed by atoms with Gasteiger partial charge in [0.05, 0.1) is 23.4 Å². The van der Waals surface area contributed by atoms with Crippen molar-refractivity contribution in [1.29, 1.82) is 0 Å². The van der Waals surface area contributed by atoms with Crippen LogP contribution in [0.2, 0.25) is 0 Å². The Morgan fingerprint density at radius 1 is 0.839 bits per heavy atom. The molecule has 0 bridgehead atoms. The minimum Gasteiger partial charge on any atom is -0.506 e. The van der Waals surface area contributed by atoms with Crippen molar-refractivity contribution < 1.29 is 35.5 Å². The molecule has 0 aromatic heterocycles. The van der Waals surface area contributed by atoms with Crippen LogP contribution < -0.4 is 14.2 Å². The Bertz CT molecular complexity index is 1350. The van der Waals surface area contributed by atoms with Crippen LogP contribution in [0.3, 0.4) is 0 Å². The van der Waals surface area contributed by atoms with Crippen molar-refractivity contribution in [3.63, 3.8) is 0 Å². The van der Waals surface area contributed by atoms with Crippen molar-refractivity contribution in [2.75, 3.05) is 16.6 Å². The van der Waals surface area contributed by atoms with Gasteiger partial charge in [-0.2, -0.15) is 0 Å². The molecule has 3 rings (SSSR count). The first-order chi connectivity index (χ1) is 14.5. The number of halogens is 2. The summed E-state index contributed by atoms with van der Waals surface area (Å²) in [6.07, 6.45) is 0. The van der Waals surface area contributed by atoms with Crippen LogP contribution in [0.15, 0.2) is 70.5 Å². The fourth-order valence-electron chi connectivity index (χ4n) is 2.58. The van der Waals surface area contributed by atoms with E-state index in [0.29, 0.717) is 12.1 Å². The first kappa shape index (κ1) is 22.3. The van der Waals surface area contributed by atoms with Gasteiger partial charge in [-0.25, -0.2) is 25.6 Å². The van der Waals surface area contributed by atoms with Gasteiger partial charge >= 0.3 is 0 Å². The summed E-state index contributed by atoms with van der Waals surface area (Å²) in [5, 5.41) is 9.98. The zero-order chi connectivity index (χ0) is 22.8.